The first-order valence-corrected chi connectivity index (χ1v) is 7.77. The number of aromatic nitrogens is 1. The first-order chi connectivity index (χ1) is 10.8. The molecule has 1 N–H and O–H groups in total. The van der Waals surface area contributed by atoms with E-state index in [1.54, 1.807) is 26.0 Å². The first kappa shape index (κ1) is 17.2. The molecule has 0 aromatic carbocycles. The van der Waals surface area contributed by atoms with Crippen LogP contribution in [0, 0.1) is 13.8 Å². The van der Waals surface area contributed by atoms with Gasteiger partial charge >= 0.3 is 11.9 Å². The van der Waals surface area contributed by atoms with Gasteiger partial charge in [0.25, 0.3) is 0 Å². The average molecular weight is 356 g/mol. The summed E-state index contributed by atoms with van der Waals surface area (Å²) in [6, 6.07) is 3.17. The van der Waals surface area contributed by atoms with E-state index in [0.29, 0.717) is 20.5 Å². The SMILES string of the molecule is COC(=O)c1c(C)[nH]c(C(=O)OCC(=O)c2ccc(Cl)s2)c1C. The summed E-state index contributed by atoms with van der Waals surface area (Å²) >= 11 is 6.87. The number of ether oxygens (including phenoxy) is 2. The Morgan fingerprint density at radius 1 is 1.22 bits per heavy atom. The number of hydrogen-bond donors (Lipinski definition) is 1. The van der Waals surface area contributed by atoms with Crippen LogP contribution in [0.2, 0.25) is 4.34 Å². The molecule has 23 heavy (non-hydrogen) atoms. The Bertz CT molecular complexity index is 777. The molecular formula is C15H14ClNO5S. The summed E-state index contributed by atoms with van der Waals surface area (Å²) in [7, 11) is 1.26. The molecule has 0 atom stereocenters. The molecule has 122 valence electrons. The number of methoxy groups -OCH3 is 1. The van der Waals surface area contributed by atoms with Crippen LogP contribution < -0.4 is 0 Å². The van der Waals surface area contributed by atoms with Crippen molar-refractivity contribution >= 4 is 40.7 Å². The largest absolute Gasteiger partial charge is 0.465 e. The fourth-order valence-corrected chi connectivity index (χ4v) is 3.07. The molecule has 2 aromatic rings. The molecule has 0 aliphatic heterocycles. The molecule has 6 nitrogen and oxygen atoms in total. The molecule has 2 aromatic heterocycles. The van der Waals surface area contributed by atoms with Crippen molar-refractivity contribution in [2.75, 3.05) is 13.7 Å². The highest BCUT2D eigenvalue weighted by molar-refractivity contribution is 7.18. The summed E-state index contributed by atoms with van der Waals surface area (Å²) in [5, 5.41) is 0. The van der Waals surface area contributed by atoms with Gasteiger partial charge in [-0.15, -0.1) is 11.3 Å². The molecule has 2 heterocycles. The normalized spacial score (nSPS) is 10.4. The summed E-state index contributed by atoms with van der Waals surface area (Å²) < 4.78 is 10.2. The molecule has 0 amide bonds. The lowest BCUT2D eigenvalue weighted by atomic mass is 10.1. The van der Waals surface area contributed by atoms with Gasteiger partial charge in [0.05, 0.1) is 21.9 Å². The minimum absolute atomic E-state index is 0.125. The Balaban J connectivity index is 2.10. The number of Topliss-reactive ketones (excluding diaryl/α,β-unsaturated/α-hetero) is 1. The van der Waals surface area contributed by atoms with Gasteiger partial charge in [-0.3, -0.25) is 4.79 Å². The van der Waals surface area contributed by atoms with Gasteiger partial charge in [0.1, 0.15) is 5.69 Å². The molecule has 2 rings (SSSR count). The van der Waals surface area contributed by atoms with E-state index < -0.39 is 18.5 Å². The summed E-state index contributed by atoms with van der Waals surface area (Å²) in [6.45, 7) is 2.85. The van der Waals surface area contributed by atoms with Gasteiger partial charge in [0.2, 0.25) is 5.78 Å². The number of halogens is 1. The van der Waals surface area contributed by atoms with Gasteiger partial charge in [-0.1, -0.05) is 11.6 Å². The Morgan fingerprint density at radius 2 is 1.91 bits per heavy atom. The molecule has 0 bridgehead atoms. The van der Waals surface area contributed by atoms with Crippen molar-refractivity contribution in [1.82, 2.24) is 4.98 Å². The van der Waals surface area contributed by atoms with Crippen molar-refractivity contribution in [3.8, 4) is 0 Å². The molecule has 0 aliphatic rings. The summed E-state index contributed by atoms with van der Waals surface area (Å²) in [5.74, 6) is -1.60. The predicted octanol–water partition coefficient (Wildman–Crippen LogP) is 3.17. The van der Waals surface area contributed by atoms with E-state index in [-0.39, 0.29) is 17.0 Å². The number of carbonyl (C=O) groups is 3. The maximum Gasteiger partial charge on any atom is 0.355 e. The first-order valence-electron chi connectivity index (χ1n) is 6.58. The molecule has 0 aliphatic carbocycles. The molecular weight excluding hydrogens is 342 g/mol. The van der Waals surface area contributed by atoms with Crippen LogP contribution in [0.5, 0.6) is 0 Å². The van der Waals surface area contributed by atoms with Crippen molar-refractivity contribution in [3.63, 3.8) is 0 Å². The minimum Gasteiger partial charge on any atom is -0.465 e. The maximum absolute atomic E-state index is 12.1. The van der Waals surface area contributed by atoms with Crippen LogP contribution in [0.3, 0.4) is 0 Å². The third-order valence-electron chi connectivity index (χ3n) is 3.21. The molecule has 8 heteroatoms. The topological polar surface area (TPSA) is 85.5 Å². The maximum atomic E-state index is 12.1. The molecule has 0 unspecified atom stereocenters. The number of thiophene rings is 1. The van der Waals surface area contributed by atoms with Crippen molar-refractivity contribution in [2.45, 2.75) is 13.8 Å². The number of esters is 2. The zero-order chi connectivity index (χ0) is 17.1. The van der Waals surface area contributed by atoms with E-state index in [1.807, 2.05) is 0 Å². The number of H-pyrrole nitrogens is 1. The number of aryl methyl sites for hydroxylation is 1. The van der Waals surface area contributed by atoms with E-state index >= 15 is 0 Å². The minimum atomic E-state index is -0.711. The highest BCUT2D eigenvalue weighted by atomic mass is 35.5. The van der Waals surface area contributed by atoms with E-state index in [0.717, 1.165) is 11.3 Å². The zero-order valence-electron chi connectivity index (χ0n) is 12.7. The van der Waals surface area contributed by atoms with Crippen LogP contribution in [-0.4, -0.2) is 36.4 Å². The van der Waals surface area contributed by atoms with Gasteiger partial charge in [-0.25, -0.2) is 9.59 Å². The van der Waals surface area contributed by atoms with E-state index in [1.165, 1.54) is 7.11 Å². The lowest BCUT2D eigenvalue weighted by Gasteiger charge is -2.03. The van der Waals surface area contributed by atoms with Crippen LogP contribution in [0.15, 0.2) is 12.1 Å². The zero-order valence-corrected chi connectivity index (χ0v) is 14.3. The third-order valence-corrected chi connectivity index (χ3v) is 4.49. The molecule has 0 saturated carbocycles. The van der Waals surface area contributed by atoms with Crippen molar-refractivity contribution in [3.05, 3.63) is 43.9 Å². The quantitative estimate of drug-likeness (QED) is 0.657. The Labute approximate surface area is 141 Å². The van der Waals surface area contributed by atoms with Crippen molar-refractivity contribution in [1.29, 1.82) is 0 Å². The van der Waals surface area contributed by atoms with Crippen LogP contribution in [0.1, 0.15) is 41.8 Å². The van der Waals surface area contributed by atoms with Crippen LogP contribution >= 0.6 is 22.9 Å². The summed E-state index contributed by atoms with van der Waals surface area (Å²) in [6.07, 6.45) is 0. The van der Waals surface area contributed by atoms with E-state index in [4.69, 9.17) is 16.3 Å². The highest BCUT2D eigenvalue weighted by Crippen LogP contribution is 2.22. The number of aromatic amines is 1. The monoisotopic (exact) mass is 355 g/mol. The number of hydrogen-bond acceptors (Lipinski definition) is 6. The van der Waals surface area contributed by atoms with Crippen LogP contribution in [-0.2, 0) is 9.47 Å². The Morgan fingerprint density at radius 3 is 2.48 bits per heavy atom. The summed E-state index contributed by atoms with van der Waals surface area (Å²) in [5.41, 5.74) is 1.33. The second kappa shape index (κ2) is 6.97. The van der Waals surface area contributed by atoms with Crippen molar-refractivity contribution < 1.29 is 23.9 Å². The number of carbonyl (C=O) groups excluding carboxylic acids is 3. The van der Waals surface area contributed by atoms with Crippen LogP contribution in [0.4, 0.5) is 0 Å². The molecule has 0 saturated heterocycles. The van der Waals surface area contributed by atoms with Gasteiger partial charge in [-0.05, 0) is 31.5 Å². The third kappa shape index (κ3) is 3.62. The predicted molar refractivity (Wildman–Crippen MR) is 85.5 cm³/mol. The van der Waals surface area contributed by atoms with E-state index in [2.05, 4.69) is 9.72 Å². The lowest BCUT2D eigenvalue weighted by Crippen LogP contribution is -2.14. The Kier molecular flexibility index (Phi) is 5.23. The molecule has 0 fully saturated rings. The molecule has 0 radical (unpaired) electrons. The van der Waals surface area contributed by atoms with Gasteiger partial charge in [-0.2, -0.15) is 0 Å². The average Bonchev–Trinajstić information content (AvgIpc) is 3.07. The fraction of sp³-hybridized carbons (Fsp3) is 0.267. The smallest absolute Gasteiger partial charge is 0.355 e. The van der Waals surface area contributed by atoms with Gasteiger partial charge < -0.3 is 14.5 Å². The van der Waals surface area contributed by atoms with E-state index in [9.17, 15) is 14.4 Å². The second-order valence-electron chi connectivity index (χ2n) is 4.72. The number of ketones is 1. The number of rotatable bonds is 5. The fourth-order valence-electron chi connectivity index (χ4n) is 2.10. The second-order valence-corrected chi connectivity index (χ2v) is 6.43. The van der Waals surface area contributed by atoms with Crippen molar-refractivity contribution in [2.24, 2.45) is 0 Å². The van der Waals surface area contributed by atoms with Gasteiger partial charge in [0, 0.05) is 5.69 Å². The van der Waals surface area contributed by atoms with Gasteiger partial charge in [0.15, 0.2) is 6.61 Å². The van der Waals surface area contributed by atoms with Crippen LogP contribution in [0.25, 0.3) is 0 Å². The Hall–Kier alpha value is -2.12. The standard InChI is InChI=1S/C15H14ClNO5S/c1-7-12(14(19)21-3)8(2)17-13(7)15(20)22-6-9(18)10-4-5-11(16)23-10/h4-5,17H,6H2,1-3H3. The summed E-state index contributed by atoms with van der Waals surface area (Å²) in [4.78, 5) is 38.9. The lowest BCUT2D eigenvalue weighted by molar-refractivity contribution is 0.0470. The highest BCUT2D eigenvalue weighted by Gasteiger charge is 2.24. The number of nitrogens with one attached hydrogen (secondary N) is 1. The molecule has 0 spiro atoms.